The molecule has 0 aliphatic carbocycles. The van der Waals surface area contributed by atoms with E-state index in [1.165, 1.54) is 23.5 Å². The number of nitro groups is 1. The van der Waals surface area contributed by atoms with Crippen LogP contribution in [0.25, 0.3) is 0 Å². The Labute approximate surface area is 145 Å². The van der Waals surface area contributed by atoms with E-state index in [9.17, 15) is 18.5 Å². The molecule has 0 radical (unpaired) electrons. The van der Waals surface area contributed by atoms with Crippen molar-refractivity contribution in [2.24, 2.45) is 0 Å². The van der Waals surface area contributed by atoms with Gasteiger partial charge in [-0.2, -0.15) is 4.31 Å². The van der Waals surface area contributed by atoms with Crippen LogP contribution in [-0.2, 0) is 16.6 Å². The zero-order valence-electron chi connectivity index (χ0n) is 13.6. The smallest absolute Gasteiger partial charge is 0.258 e. The quantitative estimate of drug-likeness (QED) is 0.444. The van der Waals surface area contributed by atoms with E-state index >= 15 is 0 Å². The van der Waals surface area contributed by atoms with Gasteiger partial charge < -0.3 is 0 Å². The molecule has 24 heavy (non-hydrogen) atoms. The van der Waals surface area contributed by atoms with Crippen LogP contribution in [0.2, 0.25) is 0 Å². The summed E-state index contributed by atoms with van der Waals surface area (Å²) in [5, 5.41) is 10.9. The first-order chi connectivity index (χ1) is 11.3. The summed E-state index contributed by atoms with van der Waals surface area (Å²) < 4.78 is 26.7. The topological polar surface area (TPSA) is 80.5 Å². The number of thioether (sulfide) groups is 1. The van der Waals surface area contributed by atoms with Gasteiger partial charge in [0.25, 0.3) is 5.69 Å². The lowest BCUT2D eigenvalue weighted by Crippen LogP contribution is -2.27. The lowest BCUT2D eigenvalue weighted by Gasteiger charge is -2.18. The van der Waals surface area contributed by atoms with Gasteiger partial charge in [0.05, 0.1) is 9.82 Å². The second-order valence-electron chi connectivity index (χ2n) is 5.32. The Bertz CT molecular complexity index is 849. The Balaban J connectivity index is 2.31. The van der Waals surface area contributed by atoms with E-state index < -0.39 is 14.9 Å². The minimum absolute atomic E-state index is 0.0417. The minimum atomic E-state index is -3.82. The maximum atomic E-state index is 12.8. The third-order valence-electron chi connectivity index (χ3n) is 3.64. The van der Waals surface area contributed by atoms with Crippen LogP contribution < -0.4 is 0 Å². The second kappa shape index (κ2) is 7.33. The van der Waals surface area contributed by atoms with Crippen molar-refractivity contribution in [3.63, 3.8) is 0 Å². The summed E-state index contributed by atoms with van der Waals surface area (Å²) in [6, 6.07) is 11.5. The van der Waals surface area contributed by atoms with E-state index in [-0.39, 0.29) is 17.1 Å². The van der Waals surface area contributed by atoms with Crippen molar-refractivity contribution in [2.75, 3.05) is 13.3 Å². The monoisotopic (exact) mass is 366 g/mol. The molecule has 0 unspecified atom stereocenters. The molecule has 0 aliphatic heterocycles. The lowest BCUT2D eigenvalue weighted by atomic mass is 10.2. The van der Waals surface area contributed by atoms with Crippen LogP contribution in [0.4, 0.5) is 5.69 Å². The van der Waals surface area contributed by atoms with Crippen molar-refractivity contribution in [2.45, 2.75) is 23.3 Å². The molecule has 2 aromatic carbocycles. The van der Waals surface area contributed by atoms with E-state index in [1.54, 1.807) is 18.7 Å². The average Bonchev–Trinajstić information content (AvgIpc) is 2.55. The molecule has 0 amide bonds. The highest BCUT2D eigenvalue weighted by molar-refractivity contribution is 7.98. The highest BCUT2D eigenvalue weighted by Gasteiger charge is 2.25. The molecule has 0 saturated carbocycles. The molecule has 0 fully saturated rings. The van der Waals surface area contributed by atoms with Gasteiger partial charge >= 0.3 is 0 Å². The third kappa shape index (κ3) is 3.95. The van der Waals surface area contributed by atoms with Crippen molar-refractivity contribution in [3.05, 3.63) is 63.7 Å². The summed E-state index contributed by atoms with van der Waals surface area (Å²) in [4.78, 5) is 11.4. The van der Waals surface area contributed by atoms with Crippen molar-refractivity contribution < 1.29 is 13.3 Å². The maximum absolute atomic E-state index is 12.8. The molecule has 6 nitrogen and oxygen atoms in total. The molecular formula is C16H18N2O4S2. The van der Waals surface area contributed by atoms with Crippen LogP contribution in [0.1, 0.15) is 11.1 Å². The molecule has 2 aromatic rings. The molecule has 0 aliphatic rings. The highest BCUT2D eigenvalue weighted by Crippen LogP contribution is 2.25. The van der Waals surface area contributed by atoms with Gasteiger partial charge in [0.2, 0.25) is 10.0 Å². The van der Waals surface area contributed by atoms with Crippen LogP contribution in [0.15, 0.2) is 52.3 Å². The van der Waals surface area contributed by atoms with Crippen LogP contribution >= 0.6 is 11.8 Å². The van der Waals surface area contributed by atoms with Crippen LogP contribution in [0.5, 0.6) is 0 Å². The Hall–Kier alpha value is -1.90. The van der Waals surface area contributed by atoms with Crippen molar-refractivity contribution in [3.8, 4) is 0 Å². The summed E-state index contributed by atoms with van der Waals surface area (Å²) in [6.45, 7) is 1.82. The van der Waals surface area contributed by atoms with Gasteiger partial charge in [0, 0.05) is 30.6 Å². The Morgan fingerprint density at radius 3 is 2.33 bits per heavy atom. The van der Waals surface area contributed by atoms with Crippen molar-refractivity contribution in [1.29, 1.82) is 0 Å². The Kier molecular flexibility index (Phi) is 5.63. The highest BCUT2D eigenvalue weighted by atomic mass is 32.2. The fourth-order valence-corrected chi connectivity index (χ4v) is 4.03. The molecule has 0 N–H and O–H groups in total. The molecule has 0 spiro atoms. The first kappa shape index (κ1) is 18.4. The van der Waals surface area contributed by atoms with E-state index in [1.807, 2.05) is 30.5 Å². The van der Waals surface area contributed by atoms with Gasteiger partial charge in [-0.3, -0.25) is 10.1 Å². The molecule has 0 heterocycles. The normalized spacial score (nSPS) is 11.7. The van der Waals surface area contributed by atoms with E-state index in [0.717, 1.165) is 16.5 Å². The average molecular weight is 366 g/mol. The third-order valence-corrected chi connectivity index (χ3v) is 6.32. The second-order valence-corrected chi connectivity index (χ2v) is 8.21. The molecule has 0 bridgehead atoms. The molecule has 0 atom stereocenters. The summed E-state index contributed by atoms with van der Waals surface area (Å²) in [7, 11) is -2.35. The summed E-state index contributed by atoms with van der Waals surface area (Å²) in [5.74, 6) is 0. The number of nitro benzene ring substituents is 1. The van der Waals surface area contributed by atoms with Crippen molar-refractivity contribution in [1.82, 2.24) is 4.31 Å². The number of benzene rings is 2. The predicted octanol–water partition coefficient (Wildman–Crippen LogP) is 3.45. The largest absolute Gasteiger partial charge is 0.270 e. The lowest BCUT2D eigenvalue weighted by molar-refractivity contribution is -0.385. The molecular weight excluding hydrogens is 348 g/mol. The molecule has 0 saturated heterocycles. The van der Waals surface area contributed by atoms with Crippen LogP contribution in [-0.4, -0.2) is 30.9 Å². The van der Waals surface area contributed by atoms with Gasteiger partial charge in [-0.05, 0) is 36.4 Å². The standard InChI is InChI=1S/C16H18N2O4S2/c1-12-4-7-14(18(19)20)10-16(12)24(21,22)17(2)11-13-5-8-15(23-3)9-6-13/h4-10H,11H2,1-3H3. The van der Waals surface area contributed by atoms with Gasteiger partial charge in [-0.1, -0.05) is 18.2 Å². The fourth-order valence-electron chi connectivity index (χ4n) is 2.22. The van der Waals surface area contributed by atoms with Gasteiger partial charge in [0.15, 0.2) is 0 Å². The van der Waals surface area contributed by atoms with Gasteiger partial charge in [-0.15, -0.1) is 11.8 Å². The molecule has 0 aromatic heterocycles. The molecule has 128 valence electrons. The van der Waals surface area contributed by atoms with E-state index in [4.69, 9.17) is 0 Å². The van der Waals surface area contributed by atoms with Crippen LogP contribution in [0, 0.1) is 17.0 Å². The number of sulfonamides is 1. The summed E-state index contributed by atoms with van der Waals surface area (Å²) >= 11 is 1.61. The summed E-state index contributed by atoms with van der Waals surface area (Å²) in [6.07, 6.45) is 1.97. The number of hydrogen-bond acceptors (Lipinski definition) is 5. The first-order valence-electron chi connectivity index (χ1n) is 7.10. The van der Waals surface area contributed by atoms with E-state index in [2.05, 4.69) is 0 Å². The van der Waals surface area contributed by atoms with Gasteiger partial charge in [0.1, 0.15) is 0 Å². The minimum Gasteiger partial charge on any atom is -0.258 e. The predicted molar refractivity (Wildman–Crippen MR) is 94.7 cm³/mol. The molecule has 2 rings (SSSR count). The SMILES string of the molecule is CSc1ccc(CN(C)S(=O)(=O)c2cc([N+](=O)[O-])ccc2C)cc1. The first-order valence-corrected chi connectivity index (χ1v) is 9.76. The van der Waals surface area contributed by atoms with E-state index in [0.29, 0.717) is 5.56 Å². The molecule has 8 heteroatoms. The number of nitrogens with zero attached hydrogens (tertiary/aromatic N) is 2. The Morgan fingerprint density at radius 1 is 1.17 bits per heavy atom. The number of hydrogen-bond donors (Lipinski definition) is 0. The van der Waals surface area contributed by atoms with Crippen LogP contribution in [0.3, 0.4) is 0 Å². The number of non-ortho nitro benzene ring substituents is 1. The fraction of sp³-hybridized carbons (Fsp3) is 0.250. The Morgan fingerprint density at radius 2 is 1.79 bits per heavy atom. The number of aryl methyl sites for hydroxylation is 1. The zero-order valence-corrected chi connectivity index (χ0v) is 15.2. The van der Waals surface area contributed by atoms with Crippen molar-refractivity contribution >= 4 is 27.5 Å². The van der Waals surface area contributed by atoms with Gasteiger partial charge in [-0.25, -0.2) is 8.42 Å². The maximum Gasteiger partial charge on any atom is 0.270 e. The zero-order chi connectivity index (χ0) is 17.9. The summed E-state index contributed by atoms with van der Waals surface area (Å²) in [5.41, 5.74) is 1.09. The number of rotatable bonds is 6.